The molecule has 4 heteroatoms. The van der Waals surface area contributed by atoms with Crippen molar-refractivity contribution in [2.75, 3.05) is 13.2 Å². The highest BCUT2D eigenvalue weighted by Crippen LogP contribution is 2.20. The Morgan fingerprint density at radius 2 is 2.50 bits per heavy atom. The molecule has 3 atom stereocenters. The van der Waals surface area contributed by atoms with E-state index in [0.29, 0.717) is 6.42 Å². The Kier molecular flexibility index (Phi) is 3.61. The summed E-state index contributed by atoms with van der Waals surface area (Å²) in [7, 11) is 5.50. The van der Waals surface area contributed by atoms with Crippen molar-refractivity contribution < 1.29 is 14.6 Å². The minimum absolute atomic E-state index is 0.0804. The summed E-state index contributed by atoms with van der Waals surface area (Å²) < 4.78 is 10.4. The number of hydrogen-bond donors (Lipinski definition) is 1. The molecule has 0 aromatic heterocycles. The lowest BCUT2D eigenvalue weighted by molar-refractivity contribution is -0.0284. The van der Waals surface area contributed by atoms with E-state index in [0.717, 1.165) is 0 Å². The molecule has 1 N–H and O–H groups in total. The predicted octanol–water partition coefficient (Wildman–Crippen LogP) is -0.719. The molecule has 0 unspecified atom stereocenters. The molecule has 1 saturated heterocycles. The second-order valence-electron chi connectivity index (χ2n) is 2.68. The maximum atomic E-state index is 8.84. The van der Waals surface area contributed by atoms with Gasteiger partial charge in [-0.3, -0.25) is 0 Å². The van der Waals surface area contributed by atoms with Crippen LogP contribution in [0.3, 0.4) is 0 Å². The molecule has 1 aliphatic rings. The molecule has 2 radical (unpaired) electrons. The van der Waals surface area contributed by atoms with Gasteiger partial charge < -0.3 is 14.6 Å². The van der Waals surface area contributed by atoms with E-state index in [2.05, 4.69) is 5.92 Å². The minimum atomic E-state index is -0.343. The molecule has 3 nitrogen and oxygen atoms in total. The van der Waals surface area contributed by atoms with Gasteiger partial charge in [0.25, 0.3) is 0 Å². The second kappa shape index (κ2) is 4.51. The highest BCUT2D eigenvalue weighted by molar-refractivity contribution is 6.11. The number of rotatable bonds is 3. The number of terminal acetylenes is 1. The van der Waals surface area contributed by atoms with E-state index in [1.54, 1.807) is 0 Å². The summed E-state index contributed by atoms with van der Waals surface area (Å²) in [5.74, 6) is 2.35. The van der Waals surface area contributed by atoms with Crippen LogP contribution in [0.1, 0.15) is 6.42 Å². The Morgan fingerprint density at radius 3 is 3.08 bits per heavy atom. The van der Waals surface area contributed by atoms with Crippen LogP contribution in [0.2, 0.25) is 0 Å². The third-order valence-electron chi connectivity index (χ3n) is 1.79. The summed E-state index contributed by atoms with van der Waals surface area (Å²) >= 11 is 0. The van der Waals surface area contributed by atoms with Crippen molar-refractivity contribution in [3.63, 3.8) is 0 Å². The van der Waals surface area contributed by atoms with E-state index in [-0.39, 0.29) is 31.4 Å². The first-order chi connectivity index (χ1) is 5.77. The lowest BCUT2D eigenvalue weighted by atomic mass is 9.96. The summed E-state index contributed by atoms with van der Waals surface area (Å²) in [6, 6.07) is -0.343. The predicted molar refractivity (Wildman–Crippen MR) is 44.7 cm³/mol. The Morgan fingerprint density at radius 1 is 1.75 bits per heavy atom. The van der Waals surface area contributed by atoms with Crippen LogP contribution in [0, 0.1) is 12.3 Å². The topological polar surface area (TPSA) is 38.7 Å². The molecule has 12 heavy (non-hydrogen) atoms. The standard InChI is InChI=1S/C8H11BO3/c1-2-3-11-6-4-8(9)12-7(6)5-10/h1,6-8,10H,3-5H2/t6-,7-,8-/m1/s1. The van der Waals surface area contributed by atoms with Gasteiger partial charge in [-0.2, -0.15) is 0 Å². The molecule has 1 heterocycles. The van der Waals surface area contributed by atoms with Crippen molar-refractivity contribution in [1.29, 1.82) is 0 Å². The van der Waals surface area contributed by atoms with Gasteiger partial charge in [-0.25, -0.2) is 0 Å². The van der Waals surface area contributed by atoms with Gasteiger partial charge in [-0.15, -0.1) is 6.42 Å². The van der Waals surface area contributed by atoms with Crippen molar-refractivity contribution in [3.05, 3.63) is 0 Å². The van der Waals surface area contributed by atoms with E-state index in [1.807, 2.05) is 0 Å². The van der Waals surface area contributed by atoms with Gasteiger partial charge in [0, 0.05) is 6.00 Å². The Labute approximate surface area is 73.5 Å². The fraction of sp³-hybridized carbons (Fsp3) is 0.750. The second-order valence-corrected chi connectivity index (χ2v) is 2.68. The van der Waals surface area contributed by atoms with E-state index in [9.17, 15) is 0 Å². The lowest BCUT2D eigenvalue weighted by Gasteiger charge is -2.14. The van der Waals surface area contributed by atoms with Crippen LogP contribution < -0.4 is 0 Å². The van der Waals surface area contributed by atoms with Gasteiger partial charge in [0.1, 0.15) is 20.6 Å². The van der Waals surface area contributed by atoms with Crippen molar-refractivity contribution in [1.82, 2.24) is 0 Å². The smallest absolute Gasteiger partial charge is 0.109 e. The van der Waals surface area contributed by atoms with Gasteiger partial charge in [-0.1, -0.05) is 5.92 Å². The Bertz CT molecular complexity index is 178. The summed E-state index contributed by atoms with van der Waals surface area (Å²) in [5, 5.41) is 8.84. The number of hydrogen-bond acceptors (Lipinski definition) is 3. The normalized spacial score (nSPS) is 34.8. The molecule has 1 rings (SSSR count). The van der Waals surface area contributed by atoms with Gasteiger partial charge in [0.05, 0.1) is 12.7 Å². The fourth-order valence-corrected chi connectivity index (χ4v) is 1.24. The average molecular weight is 166 g/mol. The van der Waals surface area contributed by atoms with Crippen molar-refractivity contribution in [2.24, 2.45) is 0 Å². The molecule has 0 spiro atoms. The minimum Gasteiger partial charge on any atom is -0.394 e. The monoisotopic (exact) mass is 166 g/mol. The lowest BCUT2D eigenvalue weighted by Crippen LogP contribution is -2.27. The molecule has 64 valence electrons. The van der Waals surface area contributed by atoms with E-state index >= 15 is 0 Å². The molecular weight excluding hydrogens is 155 g/mol. The van der Waals surface area contributed by atoms with Crippen LogP contribution in [0.25, 0.3) is 0 Å². The Balaban J connectivity index is 2.36. The molecule has 0 aliphatic carbocycles. The van der Waals surface area contributed by atoms with Crippen LogP contribution in [0.5, 0.6) is 0 Å². The van der Waals surface area contributed by atoms with Crippen LogP contribution in [-0.4, -0.2) is 44.4 Å². The first kappa shape index (κ1) is 9.59. The summed E-state index contributed by atoms with van der Waals surface area (Å²) in [4.78, 5) is 0. The third-order valence-corrected chi connectivity index (χ3v) is 1.79. The first-order valence-electron chi connectivity index (χ1n) is 3.85. The summed E-state index contributed by atoms with van der Waals surface area (Å²) in [5.41, 5.74) is 0. The first-order valence-corrected chi connectivity index (χ1v) is 3.85. The fourth-order valence-electron chi connectivity index (χ4n) is 1.24. The molecule has 1 aliphatic heterocycles. The number of aliphatic hydroxyl groups excluding tert-OH is 1. The van der Waals surface area contributed by atoms with Gasteiger partial charge in [-0.05, 0) is 6.42 Å². The molecule has 0 amide bonds. The maximum Gasteiger partial charge on any atom is 0.109 e. The van der Waals surface area contributed by atoms with Crippen LogP contribution in [0.15, 0.2) is 0 Å². The SMILES string of the molecule is [B][C@H]1C[C@@H](OCC#C)[C@@H](CO)O1. The number of ether oxygens (including phenoxy) is 2. The average Bonchev–Trinajstić information content (AvgIpc) is 2.42. The van der Waals surface area contributed by atoms with Gasteiger partial charge >= 0.3 is 0 Å². The number of aliphatic hydroxyl groups is 1. The van der Waals surface area contributed by atoms with E-state index in [1.165, 1.54) is 0 Å². The summed E-state index contributed by atoms with van der Waals surface area (Å²) in [6.45, 7) is 0.153. The highest BCUT2D eigenvalue weighted by Gasteiger charge is 2.32. The maximum absolute atomic E-state index is 8.84. The van der Waals surface area contributed by atoms with Gasteiger partial charge in [0.2, 0.25) is 0 Å². The zero-order valence-corrected chi connectivity index (χ0v) is 6.77. The van der Waals surface area contributed by atoms with Crippen LogP contribution >= 0.6 is 0 Å². The molecule has 0 aromatic rings. The van der Waals surface area contributed by atoms with Gasteiger partial charge in [0.15, 0.2) is 0 Å². The zero-order valence-electron chi connectivity index (χ0n) is 6.77. The largest absolute Gasteiger partial charge is 0.394 e. The quantitative estimate of drug-likeness (QED) is 0.444. The molecule has 1 fully saturated rings. The molecular formula is C8H11BO3. The van der Waals surface area contributed by atoms with Crippen molar-refractivity contribution >= 4 is 7.85 Å². The van der Waals surface area contributed by atoms with E-state index in [4.69, 9.17) is 28.8 Å². The van der Waals surface area contributed by atoms with Crippen LogP contribution in [0.4, 0.5) is 0 Å². The third kappa shape index (κ3) is 2.24. The zero-order chi connectivity index (χ0) is 8.97. The van der Waals surface area contributed by atoms with Crippen molar-refractivity contribution in [2.45, 2.75) is 24.6 Å². The molecule has 0 aromatic carbocycles. The van der Waals surface area contributed by atoms with Crippen LogP contribution in [-0.2, 0) is 9.47 Å². The molecule has 0 bridgehead atoms. The molecule has 0 saturated carbocycles. The highest BCUT2D eigenvalue weighted by atomic mass is 16.6. The van der Waals surface area contributed by atoms with Crippen molar-refractivity contribution in [3.8, 4) is 12.3 Å². The Hall–Kier alpha value is -0.495. The van der Waals surface area contributed by atoms with E-state index < -0.39 is 0 Å². The summed E-state index contributed by atoms with van der Waals surface area (Å²) in [6.07, 6.45) is 5.12.